The molecule has 0 aliphatic carbocycles. The van der Waals surface area contributed by atoms with Gasteiger partial charge in [0.2, 0.25) is 5.91 Å². The number of allylic oxidation sites excluding steroid dienone is 11. The molecule has 0 spiro atoms. The maximum absolute atomic E-state index is 13.6. The predicted octanol–water partition coefficient (Wildman–Crippen LogP) is 21.6. The van der Waals surface area contributed by atoms with Gasteiger partial charge in [0.25, 0.3) is 0 Å². The lowest BCUT2D eigenvalue weighted by atomic mass is 10.0. The van der Waals surface area contributed by atoms with Gasteiger partial charge in [-0.1, -0.05) is 274 Å². The zero-order chi connectivity index (χ0) is 59.3. The van der Waals surface area contributed by atoms with Crippen molar-refractivity contribution in [3.63, 3.8) is 0 Å². The third-order valence-electron chi connectivity index (χ3n) is 15.1. The number of ether oxygens (including phenoxy) is 1. The van der Waals surface area contributed by atoms with Crippen molar-refractivity contribution in [1.82, 2.24) is 5.32 Å². The molecule has 3 unspecified atom stereocenters. The van der Waals surface area contributed by atoms with Gasteiger partial charge < -0.3 is 19.4 Å². The van der Waals surface area contributed by atoms with E-state index in [0.717, 1.165) is 89.9 Å². The van der Waals surface area contributed by atoms with Crippen LogP contribution in [0.3, 0.4) is 0 Å². The van der Waals surface area contributed by atoms with Gasteiger partial charge in [0.05, 0.1) is 33.8 Å². The highest BCUT2D eigenvalue weighted by atomic mass is 31.2. The van der Waals surface area contributed by atoms with E-state index in [1.54, 1.807) is 0 Å². The first-order valence-electron chi connectivity index (χ1n) is 34.3. The summed E-state index contributed by atoms with van der Waals surface area (Å²) < 4.78 is 30.8. The van der Waals surface area contributed by atoms with Crippen LogP contribution >= 0.6 is 7.82 Å². The van der Waals surface area contributed by atoms with Gasteiger partial charge >= 0.3 is 13.8 Å². The first-order chi connectivity index (χ1) is 39.4. The summed E-state index contributed by atoms with van der Waals surface area (Å²) in [5.41, 5.74) is 0. The lowest BCUT2D eigenvalue weighted by molar-refractivity contribution is -0.870. The molecule has 1 amide bonds. The summed E-state index contributed by atoms with van der Waals surface area (Å²) in [6.45, 7) is 6.98. The predicted molar refractivity (Wildman–Crippen MR) is 351 cm³/mol. The number of carbonyl (C=O) groups is 2. The molecule has 0 saturated heterocycles. The van der Waals surface area contributed by atoms with Crippen LogP contribution in [0.15, 0.2) is 72.9 Å². The maximum atomic E-state index is 13.6. The van der Waals surface area contributed by atoms with Crippen molar-refractivity contribution in [2.24, 2.45) is 0 Å². The van der Waals surface area contributed by atoms with Crippen LogP contribution in [0.1, 0.15) is 316 Å². The van der Waals surface area contributed by atoms with Crippen LogP contribution in [0.2, 0.25) is 0 Å². The van der Waals surface area contributed by atoms with E-state index in [1.165, 1.54) is 193 Å². The second-order valence-electron chi connectivity index (χ2n) is 24.3. The molecule has 0 aromatic carbocycles. The molecule has 472 valence electrons. The number of hydrogen-bond acceptors (Lipinski definition) is 6. The van der Waals surface area contributed by atoms with Crippen molar-refractivity contribution in [3.8, 4) is 0 Å². The summed E-state index contributed by atoms with van der Waals surface area (Å²) in [6, 6.07) is -0.854. The van der Waals surface area contributed by atoms with E-state index in [1.807, 2.05) is 33.3 Å². The molecule has 0 saturated carbocycles. The minimum absolute atomic E-state index is 0.0374. The molecule has 0 aliphatic heterocycles. The van der Waals surface area contributed by atoms with Crippen LogP contribution < -0.4 is 5.32 Å². The van der Waals surface area contributed by atoms with Gasteiger partial charge in [-0.05, 0) is 102 Å². The highest BCUT2D eigenvalue weighted by molar-refractivity contribution is 7.47. The average molecular weight is 1160 g/mol. The van der Waals surface area contributed by atoms with E-state index in [-0.39, 0.29) is 31.5 Å². The van der Waals surface area contributed by atoms with Crippen molar-refractivity contribution in [3.05, 3.63) is 72.9 Å². The highest BCUT2D eigenvalue weighted by Crippen LogP contribution is 2.43. The van der Waals surface area contributed by atoms with Gasteiger partial charge in [-0.25, -0.2) is 4.57 Å². The number of unbranched alkanes of at least 4 members (excludes halogenated alkanes) is 36. The Morgan fingerprint density at radius 3 is 1.15 bits per heavy atom. The van der Waals surface area contributed by atoms with E-state index in [0.29, 0.717) is 17.4 Å². The first kappa shape index (κ1) is 78.5. The van der Waals surface area contributed by atoms with Crippen LogP contribution in [0.4, 0.5) is 0 Å². The number of likely N-dealkylation sites (N-methyl/N-ethyl adjacent to an activating group) is 1. The quantitative estimate of drug-likeness (QED) is 0.0205. The number of phosphoric acid groups is 1. The average Bonchev–Trinajstić information content (AvgIpc) is 3.43. The fourth-order valence-electron chi connectivity index (χ4n) is 9.80. The van der Waals surface area contributed by atoms with E-state index >= 15 is 0 Å². The van der Waals surface area contributed by atoms with Gasteiger partial charge in [-0.2, -0.15) is 0 Å². The van der Waals surface area contributed by atoms with Gasteiger partial charge in [0.15, 0.2) is 0 Å². The molecule has 2 N–H and O–H groups in total. The van der Waals surface area contributed by atoms with Crippen LogP contribution in [0.25, 0.3) is 0 Å². The Hall–Kier alpha value is -2.55. The molecule has 0 aliphatic rings. The molecule has 81 heavy (non-hydrogen) atoms. The van der Waals surface area contributed by atoms with Crippen molar-refractivity contribution in [2.45, 2.75) is 328 Å². The summed E-state index contributed by atoms with van der Waals surface area (Å²) in [6.07, 6.45) is 79.0. The maximum Gasteiger partial charge on any atom is 0.472 e. The zero-order valence-corrected chi connectivity index (χ0v) is 54.9. The second kappa shape index (κ2) is 60.6. The van der Waals surface area contributed by atoms with Gasteiger partial charge in [-0.3, -0.25) is 18.6 Å². The minimum Gasteiger partial charge on any atom is -0.456 e. The molecule has 0 radical (unpaired) electrons. The smallest absolute Gasteiger partial charge is 0.456 e. The summed E-state index contributed by atoms with van der Waals surface area (Å²) >= 11 is 0. The third kappa shape index (κ3) is 61.8. The van der Waals surface area contributed by atoms with Crippen LogP contribution in [0, 0.1) is 0 Å². The van der Waals surface area contributed by atoms with Crippen molar-refractivity contribution in [1.29, 1.82) is 0 Å². The summed E-state index contributed by atoms with van der Waals surface area (Å²) in [4.78, 5) is 37.8. The number of esters is 1. The van der Waals surface area contributed by atoms with Crippen LogP contribution in [-0.2, 0) is 27.9 Å². The van der Waals surface area contributed by atoms with E-state index in [9.17, 15) is 19.0 Å². The fraction of sp³-hybridized carbons (Fsp3) is 0.803. The summed E-state index contributed by atoms with van der Waals surface area (Å²) in [5.74, 6) is -0.507. The number of nitrogens with zero attached hydrogens (tertiary/aromatic N) is 1. The Morgan fingerprint density at radius 2 is 0.753 bits per heavy atom. The number of rotatable bonds is 62. The molecule has 3 atom stereocenters. The lowest BCUT2D eigenvalue weighted by Crippen LogP contribution is -2.47. The Morgan fingerprint density at radius 1 is 0.432 bits per heavy atom. The molecule has 9 nitrogen and oxygen atoms in total. The highest BCUT2D eigenvalue weighted by Gasteiger charge is 2.30. The summed E-state index contributed by atoms with van der Waals surface area (Å²) in [5, 5.41) is 3.07. The topological polar surface area (TPSA) is 111 Å². The normalized spacial score (nSPS) is 14.0. The monoisotopic (exact) mass is 1160 g/mol. The van der Waals surface area contributed by atoms with Crippen LogP contribution in [0.5, 0.6) is 0 Å². The molecule has 0 bridgehead atoms. The SMILES string of the molecule is CCCCC/C=C\C/C=C\C/C=C\CCCCCCCCCCC(=O)OC(/C=C/CCCCCCCCCCC)C(COP(=O)(O)OCC[N+](C)(C)C)NC(=O)CCCCCCCCCCCCCCC/C=C\C/C=C\CCCCC. The number of phosphoric ester groups is 1. The molecule has 0 aromatic heterocycles. The number of amides is 1. The standard InChI is InChI=1S/C71H131N2O7P/c1-7-10-13-16-19-22-25-27-29-31-33-35-36-38-39-41-43-45-48-51-54-57-60-63-70(74)72-68(67-79-81(76,77)78-66-65-73(4,5)6)69(62-59-56-53-50-47-24-21-18-15-12-9-3)80-71(75)64-61-58-55-52-49-46-44-42-40-37-34-32-30-28-26-23-20-17-14-11-8-2/h19-20,22-23,27-30,34,37,59,62,68-69H,7-18,21,24-26,31-33,35-36,38-58,60-61,63-67H2,1-6H3,(H-,72,74,76,77)/p+1/b22-19-,23-20-,29-27-,30-28-,37-34-,62-59+. The van der Waals surface area contributed by atoms with Crippen LogP contribution in [-0.4, -0.2) is 74.3 Å². The van der Waals surface area contributed by atoms with Crippen molar-refractivity contribution in [2.75, 3.05) is 40.9 Å². The van der Waals surface area contributed by atoms with Crippen molar-refractivity contribution < 1.29 is 37.3 Å². The van der Waals surface area contributed by atoms with Gasteiger partial charge in [0, 0.05) is 12.8 Å². The van der Waals surface area contributed by atoms with Crippen molar-refractivity contribution >= 4 is 19.7 Å². The van der Waals surface area contributed by atoms with E-state index in [2.05, 4.69) is 86.8 Å². The van der Waals surface area contributed by atoms with Gasteiger partial charge in [-0.15, -0.1) is 0 Å². The zero-order valence-electron chi connectivity index (χ0n) is 54.0. The Balaban J connectivity index is 5.09. The molecule has 0 fully saturated rings. The lowest BCUT2D eigenvalue weighted by Gasteiger charge is -2.27. The van der Waals surface area contributed by atoms with E-state index in [4.69, 9.17) is 13.8 Å². The fourth-order valence-corrected chi connectivity index (χ4v) is 10.5. The molecular weight excluding hydrogens is 1020 g/mol. The third-order valence-corrected chi connectivity index (χ3v) is 16.1. The Bertz CT molecular complexity index is 1620. The molecule has 0 aromatic rings. The largest absolute Gasteiger partial charge is 0.472 e. The summed E-state index contributed by atoms with van der Waals surface area (Å²) in [7, 11) is 1.49. The molecule has 0 rings (SSSR count). The van der Waals surface area contributed by atoms with Gasteiger partial charge in [0.1, 0.15) is 19.3 Å². The molecular formula is C71H132N2O7P+. The Labute approximate surface area is 502 Å². The second-order valence-corrected chi connectivity index (χ2v) is 25.8. The number of carbonyl (C=O) groups excluding carboxylic acids is 2. The molecule has 10 heteroatoms. The van der Waals surface area contributed by atoms with E-state index < -0.39 is 20.0 Å². The number of hydrogen-bond donors (Lipinski definition) is 2. The minimum atomic E-state index is -4.46. The number of nitrogens with one attached hydrogen (secondary N) is 1. The Kier molecular flexibility index (Phi) is 58.7. The molecule has 0 heterocycles. The first-order valence-corrected chi connectivity index (χ1v) is 35.8. The number of quaternary nitrogens is 1.